The molecule has 1 atom stereocenters. The van der Waals surface area contributed by atoms with Crippen LogP contribution in [-0.2, 0) is 16.6 Å². The smallest absolute Gasteiger partial charge is 0.294 e. The van der Waals surface area contributed by atoms with Crippen molar-refractivity contribution >= 4 is 29.2 Å². The maximum absolute atomic E-state index is 13.5. The van der Waals surface area contributed by atoms with E-state index in [9.17, 15) is 23.6 Å². The van der Waals surface area contributed by atoms with Crippen LogP contribution in [0.3, 0.4) is 0 Å². The molecule has 0 bridgehead atoms. The number of anilines is 1. The minimum Gasteiger partial charge on any atom is -0.345 e. The van der Waals surface area contributed by atoms with Gasteiger partial charge in [-0.25, -0.2) is 4.39 Å². The van der Waals surface area contributed by atoms with Gasteiger partial charge >= 0.3 is 0 Å². The van der Waals surface area contributed by atoms with Crippen molar-refractivity contribution in [1.29, 1.82) is 0 Å². The molecule has 0 radical (unpaired) electrons. The van der Waals surface area contributed by atoms with Crippen LogP contribution in [0.5, 0.6) is 0 Å². The highest BCUT2D eigenvalue weighted by Gasteiger charge is 2.31. The Morgan fingerprint density at radius 1 is 1.12 bits per heavy atom. The second-order valence-electron chi connectivity index (χ2n) is 8.16. The Bertz CT molecular complexity index is 1120. The minimum absolute atomic E-state index is 0.0750. The number of amides is 3. The van der Waals surface area contributed by atoms with Crippen LogP contribution < -0.4 is 10.6 Å². The van der Waals surface area contributed by atoms with Gasteiger partial charge in [-0.1, -0.05) is 0 Å². The van der Waals surface area contributed by atoms with E-state index in [4.69, 9.17) is 0 Å². The number of Topliss-reactive ketones (excluding diaryl/α,β-unsaturated/α-hetero) is 1. The lowest BCUT2D eigenvalue weighted by Crippen LogP contribution is -2.42. The number of aromatic nitrogens is 1. The van der Waals surface area contributed by atoms with Crippen molar-refractivity contribution in [3.05, 3.63) is 52.1 Å². The first-order valence-electron chi connectivity index (χ1n) is 10.3. The SMILES string of the molecule is CC(=O)N1CC[C@@H](NC(=O)C(=O)c2c(C)c(C(=O)Nc3ccc(F)c(C)c3)c(C)n2C)C1. The highest BCUT2D eigenvalue weighted by molar-refractivity contribution is 6.43. The number of ketones is 1. The van der Waals surface area contributed by atoms with E-state index in [1.807, 2.05) is 0 Å². The molecule has 0 aliphatic carbocycles. The second-order valence-corrected chi connectivity index (χ2v) is 8.16. The topological polar surface area (TPSA) is 101 Å². The molecule has 0 spiro atoms. The fraction of sp³-hybridized carbons (Fsp3) is 0.391. The highest BCUT2D eigenvalue weighted by Crippen LogP contribution is 2.24. The standard InChI is InChI=1S/C23H27FN4O4/c1-12-10-16(6-7-18(12)24)25-22(31)19-13(2)20(27(5)14(19)3)21(30)23(32)26-17-8-9-28(11-17)15(4)29/h6-7,10,17H,8-9,11H2,1-5H3,(H,25,31)(H,26,32)/t17-/m1/s1. The third-order valence-electron chi connectivity index (χ3n) is 5.96. The van der Waals surface area contributed by atoms with Crippen molar-refractivity contribution in [3.8, 4) is 0 Å². The molecule has 1 fully saturated rings. The van der Waals surface area contributed by atoms with Gasteiger partial charge in [0.1, 0.15) is 5.82 Å². The Kier molecular flexibility index (Phi) is 6.47. The van der Waals surface area contributed by atoms with Gasteiger partial charge in [0.05, 0.1) is 11.3 Å². The third-order valence-corrected chi connectivity index (χ3v) is 5.96. The Morgan fingerprint density at radius 2 is 1.81 bits per heavy atom. The summed E-state index contributed by atoms with van der Waals surface area (Å²) in [5, 5.41) is 5.42. The van der Waals surface area contributed by atoms with E-state index in [1.54, 1.807) is 32.7 Å². The zero-order chi connectivity index (χ0) is 23.7. The molecule has 170 valence electrons. The van der Waals surface area contributed by atoms with E-state index in [2.05, 4.69) is 10.6 Å². The average Bonchev–Trinajstić information content (AvgIpc) is 3.27. The molecular formula is C23H27FN4O4. The summed E-state index contributed by atoms with van der Waals surface area (Å²) < 4.78 is 15.0. The molecular weight excluding hydrogens is 415 g/mol. The van der Waals surface area contributed by atoms with Gasteiger partial charge in [0.15, 0.2) is 0 Å². The largest absolute Gasteiger partial charge is 0.345 e. The summed E-state index contributed by atoms with van der Waals surface area (Å²) in [4.78, 5) is 51.6. The molecule has 3 rings (SSSR count). The number of halogens is 1. The molecule has 1 aliphatic heterocycles. The number of nitrogens with zero attached hydrogens (tertiary/aromatic N) is 2. The maximum Gasteiger partial charge on any atom is 0.294 e. The van der Waals surface area contributed by atoms with Crippen molar-refractivity contribution in [3.63, 3.8) is 0 Å². The first-order chi connectivity index (χ1) is 15.0. The summed E-state index contributed by atoms with van der Waals surface area (Å²) >= 11 is 0. The van der Waals surface area contributed by atoms with Gasteiger partial charge in [0.2, 0.25) is 5.91 Å². The average molecular weight is 442 g/mol. The Balaban J connectivity index is 1.79. The first kappa shape index (κ1) is 23.2. The molecule has 1 aromatic heterocycles. The number of hydrogen-bond donors (Lipinski definition) is 2. The highest BCUT2D eigenvalue weighted by atomic mass is 19.1. The number of rotatable bonds is 5. The molecule has 1 saturated heterocycles. The maximum atomic E-state index is 13.5. The number of hydrogen-bond acceptors (Lipinski definition) is 4. The lowest BCUT2D eigenvalue weighted by atomic mass is 10.1. The zero-order valence-electron chi connectivity index (χ0n) is 18.8. The van der Waals surface area contributed by atoms with E-state index < -0.39 is 17.6 Å². The number of carbonyl (C=O) groups is 4. The molecule has 2 aromatic rings. The summed E-state index contributed by atoms with van der Waals surface area (Å²) in [7, 11) is 1.62. The van der Waals surface area contributed by atoms with E-state index >= 15 is 0 Å². The number of nitrogens with one attached hydrogen (secondary N) is 2. The van der Waals surface area contributed by atoms with Crippen LogP contribution in [0.4, 0.5) is 10.1 Å². The van der Waals surface area contributed by atoms with Crippen LogP contribution >= 0.6 is 0 Å². The van der Waals surface area contributed by atoms with Crippen molar-refractivity contribution in [2.24, 2.45) is 7.05 Å². The summed E-state index contributed by atoms with van der Waals surface area (Å²) in [5.74, 6) is -2.41. The Morgan fingerprint density at radius 3 is 2.41 bits per heavy atom. The summed E-state index contributed by atoms with van der Waals surface area (Å²) in [6.45, 7) is 7.26. The summed E-state index contributed by atoms with van der Waals surface area (Å²) in [6, 6.07) is 3.96. The molecule has 9 heteroatoms. The van der Waals surface area contributed by atoms with Crippen LogP contribution in [0.25, 0.3) is 0 Å². The lowest BCUT2D eigenvalue weighted by Gasteiger charge is -2.15. The molecule has 1 aromatic carbocycles. The lowest BCUT2D eigenvalue weighted by molar-refractivity contribution is -0.128. The normalized spacial score (nSPS) is 15.6. The van der Waals surface area contributed by atoms with Crippen LogP contribution in [0.15, 0.2) is 18.2 Å². The molecule has 0 saturated carbocycles. The van der Waals surface area contributed by atoms with Crippen LogP contribution in [0, 0.1) is 26.6 Å². The van der Waals surface area contributed by atoms with Gasteiger partial charge in [-0.2, -0.15) is 0 Å². The van der Waals surface area contributed by atoms with Gasteiger partial charge in [-0.05, 0) is 56.5 Å². The van der Waals surface area contributed by atoms with Crippen molar-refractivity contribution < 1.29 is 23.6 Å². The quantitative estimate of drug-likeness (QED) is 0.548. The zero-order valence-corrected chi connectivity index (χ0v) is 18.8. The second kappa shape index (κ2) is 8.94. The number of benzene rings is 1. The van der Waals surface area contributed by atoms with Gasteiger partial charge in [-0.3, -0.25) is 19.2 Å². The number of likely N-dealkylation sites (tertiary alicyclic amines) is 1. The van der Waals surface area contributed by atoms with Gasteiger partial charge in [0.25, 0.3) is 17.6 Å². The van der Waals surface area contributed by atoms with E-state index in [0.29, 0.717) is 42.0 Å². The van der Waals surface area contributed by atoms with E-state index in [1.165, 1.54) is 29.7 Å². The molecule has 32 heavy (non-hydrogen) atoms. The fourth-order valence-corrected chi connectivity index (χ4v) is 4.07. The van der Waals surface area contributed by atoms with Crippen molar-refractivity contribution in [2.75, 3.05) is 18.4 Å². The van der Waals surface area contributed by atoms with Gasteiger partial charge in [-0.15, -0.1) is 0 Å². The monoisotopic (exact) mass is 442 g/mol. The molecule has 3 amide bonds. The van der Waals surface area contributed by atoms with E-state index in [-0.39, 0.29) is 29.0 Å². The fourth-order valence-electron chi connectivity index (χ4n) is 4.07. The number of aryl methyl sites for hydroxylation is 1. The predicted molar refractivity (Wildman–Crippen MR) is 117 cm³/mol. The van der Waals surface area contributed by atoms with Crippen molar-refractivity contribution in [1.82, 2.24) is 14.8 Å². The molecule has 1 aliphatic rings. The van der Waals surface area contributed by atoms with Crippen molar-refractivity contribution in [2.45, 2.75) is 40.2 Å². The molecule has 2 heterocycles. The van der Waals surface area contributed by atoms with Crippen LogP contribution in [0.1, 0.15) is 51.0 Å². The molecule has 8 nitrogen and oxygen atoms in total. The minimum atomic E-state index is -0.773. The Hall–Kier alpha value is -3.49. The predicted octanol–water partition coefficient (Wildman–Crippen LogP) is 2.26. The van der Waals surface area contributed by atoms with Crippen LogP contribution in [0.2, 0.25) is 0 Å². The van der Waals surface area contributed by atoms with Crippen LogP contribution in [-0.4, -0.2) is 52.1 Å². The molecule has 2 N–H and O–H groups in total. The Labute approximate surface area is 185 Å². The van der Waals surface area contributed by atoms with Gasteiger partial charge in [0, 0.05) is 44.5 Å². The first-order valence-corrected chi connectivity index (χ1v) is 10.3. The third kappa shape index (κ3) is 4.42. The van der Waals surface area contributed by atoms with Gasteiger partial charge < -0.3 is 20.1 Å². The molecule has 0 unspecified atom stereocenters. The summed E-state index contributed by atoms with van der Waals surface area (Å²) in [6.07, 6.45) is 0.578. The summed E-state index contributed by atoms with van der Waals surface area (Å²) in [5.41, 5.74) is 2.15. The van der Waals surface area contributed by atoms with E-state index in [0.717, 1.165) is 0 Å². The number of carbonyl (C=O) groups excluding carboxylic acids is 4.